The Morgan fingerprint density at radius 3 is 2.40 bits per heavy atom. The molecule has 0 saturated carbocycles. The van der Waals surface area contributed by atoms with Gasteiger partial charge in [0.15, 0.2) is 0 Å². The molecule has 20 heavy (non-hydrogen) atoms. The van der Waals surface area contributed by atoms with Crippen LogP contribution in [0, 0.1) is 5.82 Å². The lowest BCUT2D eigenvalue weighted by Crippen LogP contribution is -2.29. The van der Waals surface area contributed by atoms with Crippen LogP contribution in [0.2, 0.25) is 5.02 Å². The molecule has 2 aromatic carbocycles. The standard InChI is InChI=1S/C15H14BrClFNO/c1-9(19)15(10-2-5-12(18)6-3-10)20-14-7-4-11(16)8-13(14)17/h2-9,15H,19H2,1H3. The Balaban J connectivity index is 2.28. The van der Waals surface area contributed by atoms with E-state index in [2.05, 4.69) is 15.9 Å². The summed E-state index contributed by atoms with van der Waals surface area (Å²) in [4.78, 5) is 0. The predicted molar refractivity (Wildman–Crippen MR) is 82.6 cm³/mol. The van der Waals surface area contributed by atoms with Gasteiger partial charge in [-0.3, -0.25) is 0 Å². The quantitative estimate of drug-likeness (QED) is 0.859. The molecular weight excluding hydrogens is 345 g/mol. The molecule has 0 radical (unpaired) electrons. The summed E-state index contributed by atoms with van der Waals surface area (Å²) >= 11 is 9.47. The summed E-state index contributed by atoms with van der Waals surface area (Å²) in [5.41, 5.74) is 6.77. The van der Waals surface area contributed by atoms with E-state index in [4.69, 9.17) is 22.1 Å². The van der Waals surface area contributed by atoms with Gasteiger partial charge in [0.2, 0.25) is 0 Å². The van der Waals surface area contributed by atoms with E-state index in [1.165, 1.54) is 12.1 Å². The van der Waals surface area contributed by atoms with Gasteiger partial charge in [-0.05, 0) is 42.8 Å². The second-order valence-corrected chi connectivity index (χ2v) is 5.85. The van der Waals surface area contributed by atoms with Crippen molar-refractivity contribution in [2.24, 2.45) is 5.73 Å². The van der Waals surface area contributed by atoms with E-state index in [1.807, 2.05) is 13.0 Å². The summed E-state index contributed by atoms with van der Waals surface area (Å²) in [6, 6.07) is 11.2. The smallest absolute Gasteiger partial charge is 0.139 e. The third-order valence-corrected chi connectivity index (χ3v) is 3.61. The van der Waals surface area contributed by atoms with E-state index in [-0.39, 0.29) is 11.9 Å². The maximum atomic E-state index is 13.0. The lowest BCUT2D eigenvalue weighted by molar-refractivity contribution is 0.180. The van der Waals surface area contributed by atoms with Crippen molar-refractivity contribution in [3.8, 4) is 5.75 Å². The van der Waals surface area contributed by atoms with Crippen molar-refractivity contribution in [2.45, 2.75) is 19.1 Å². The molecule has 2 atom stereocenters. The Bertz CT molecular complexity index is 589. The summed E-state index contributed by atoms with van der Waals surface area (Å²) in [7, 11) is 0. The minimum atomic E-state index is -0.394. The van der Waals surface area contributed by atoms with Gasteiger partial charge < -0.3 is 10.5 Å². The molecule has 0 spiro atoms. The molecule has 0 aliphatic rings. The Hall–Kier alpha value is -1.10. The van der Waals surface area contributed by atoms with Gasteiger partial charge in [-0.25, -0.2) is 4.39 Å². The van der Waals surface area contributed by atoms with Crippen LogP contribution in [0.3, 0.4) is 0 Å². The summed E-state index contributed by atoms with van der Waals surface area (Å²) in [6.45, 7) is 1.83. The molecule has 2 rings (SSSR count). The zero-order chi connectivity index (χ0) is 14.7. The van der Waals surface area contributed by atoms with E-state index in [0.29, 0.717) is 10.8 Å². The topological polar surface area (TPSA) is 35.2 Å². The molecule has 0 aliphatic carbocycles. The van der Waals surface area contributed by atoms with Crippen LogP contribution in [-0.4, -0.2) is 6.04 Å². The highest BCUT2D eigenvalue weighted by molar-refractivity contribution is 9.10. The number of nitrogens with two attached hydrogens (primary N) is 1. The number of halogens is 3. The number of hydrogen-bond donors (Lipinski definition) is 1. The third kappa shape index (κ3) is 3.72. The number of benzene rings is 2. The number of rotatable bonds is 4. The SMILES string of the molecule is CC(N)C(Oc1ccc(Br)cc1Cl)c1ccc(F)cc1. The van der Waals surface area contributed by atoms with Crippen molar-refractivity contribution in [3.05, 3.63) is 63.3 Å². The van der Waals surface area contributed by atoms with Crippen LogP contribution in [0.1, 0.15) is 18.6 Å². The van der Waals surface area contributed by atoms with Crippen LogP contribution in [0.25, 0.3) is 0 Å². The molecule has 2 nitrogen and oxygen atoms in total. The Kier molecular flexibility index (Phi) is 5.02. The molecule has 5 heteroatoms. The zero-order valence-electron chi connectivity index (χ0n) is 10.8. The molecule has 0 aliphatic heterocycles. The van der Waals surface area contributed by atoms with Gasteiger partial charge in [0, 0.05) is 10.5 Å². The molecule has 106 valence electrons. The summed E-state index contributed by atoms with van der Waals surface area (Å²) in [5.74, 6) is 0.250. The average Bonchev–Trinajstić information content (AvgIpc) is 2.39. The van der Waals surface area contributed by atoms with Crippen molar-refractivity contribution in [1.29, 1.82) is 0 Å². The molecule has 2 N–H and O–H groups in total. The minimum absolute atomic E-state index is 0.264. The summed E-state index contributed by atoms with van der Waals surface area (Å²) in [5, 5.41) is 0.493. The molecule has 0 saturated heterocycles. The van der Waals surface area contributed by atoms with Gasteiger partial charge in [0.1, 0.15) is 17.7 Å². The first kappa shape index (κ1) is 15.3. The number of hydrogen-bond acceptors (Lipinski definition) is 2. The van der Waals surface area contributed by atoms with Crippen molar-refractivity contribution in [3.63, 3.8) is 0 Å². The molecule has 0 amide bonds. The normalized spacial score (nSPS) is 13.8. The second kappa shape index (κ2) is 6.57. The molecule has 0 heterocycles. The van der Waals surface area contributed by atoms with E-state index >= 15 is 0 Å². The molecule has 2 aromatic rings. The Labute approximate surface area is 130 Å². The summed E-state index contributed by atoms with van der Waals surface area (Å²) in [6.07, 6.45) is -0.394. The van der Waals surface area contributed by atoms with Crippen molar-refractivity contribution >= 4 is 27.5 Å². The lowest BCUT2D eigenvalue weighted by atomic mass is 10.0. The van der Waals surface area contributed by atoms with Crippen LogP contribution in [0.4, 0.5) is 4.39 Å². The zero-order valence-corrected chi connectivity index (χ0v) is 13.2. The monoisotopic (exact) mass is 357 g/mol. The third-order valence-electron chi connectivity index (χ3n) is 2.82. The van der Waals surface area contributed by atoms with Crippen molar-refractivity contribution in [2.75, 3.05) is 0 Å². The molecule has 0 fully saturated rings. The van der Waals surface area contributed by atoms with Crippen LogP contribution >= 0.6 is 27.5 Å². The van der Waals surface area contributed by atoms with Crippen molar-refractivity contribution < 1.29 is 9.13 Å². The van der Waals surface area contributed by atoms with Gasteiger partial charge in [-0.1, -0.05) is 39.7 Å². The van der Waals surface area contributed by atoms with E-state index in [9.17, 15) is 4.39 Å². The molecular formula is C15H14BrClFNO. The van der Waals surface area contributed by atoms with E-state index in [0.717, 1.165) is 10.0 Å². The van der Waals surface area contributed by atoms with Gasteiger partial charge in [-0.2, -0.15) is 0 Å². The number of ether oxygens (including phenoxy) is 1. The molecule has 0 bridgehead atoms. The van der Waals surface area contributed by atoms with Gasteiger partial charge in [0.25, 0.3) is 0 Å². The van der Waals surface area contributed by atoms with Crippen LogP contribution < -0.4 is 10.5 Å². The fraction of sp³-hybridized carbons (Fsp3) is 0.200. The largest absolute Gasteiger partial charge is 0.483 e. The molecule has 2 unspecified atom stereocenters. The highest BCUT2D eigenvalue weighted by Crippen LogP contribution is 2.32. The summed E-state index contributed by atoms with van der Waals surface area (Å²) < 4.78 is 19.7. The van der Waals surface area contributed by atoms with Gasteiger partial charge >= 0.3 is 0 Å². The second-order valence-electron chi connectivity index (χ2n) is 4.52. The van der Waals surface area contributed by atoms with Crippen LogP contribution in [-0.2, 0) is 0 Å². The lowest BCUT2D eigenvalue weighted by Gasteiger charge is -2.23. The van der Waals surface area contributed by atoms with E-state index < -0.39 is 6.10 Å². The first-order valence-corrected chi connectivity index (χ1v) is 7.27. The maximum absolute atomic E-state index is 13.0. The van der Waals surface area contributed by atoms with Crippen LogP contribution in [0.15, 0.2) is 46.9 Å². The highest BCUT2D eigenvalue weighted by Gasteiger charge is 2.19. The van der Waals surface area contributed by atoms with Gasteiger partial charge in [-0.15, -0.1) is 0 Å². The van der Waals surface area contributed by atoms with Crippen molar-refractivity contribution in [1.82, 2.24) is 0 Å². The fourth-order valence-corrected chi connectivity index (χ4v) is 2.56. The Morgan fingerprint density at radius 2 is 1.85 bits per heavy atom. The average molecular weight is 359 g/mol. The first-order valence-electron chi connectivity index (χ1n) is 6.10. The van der Waals surface area contributed by atoms with E-state index in [1.54, 1.807) is 24.3 Å². The maximum Gasteiger partial charge on any atom is 0.139 e. The molecule has 0 aromatic heterocycles. The fourth-order valence-electron chi connectivity index (χ4n) is 1.84. The minimum Gasteiger partial charge on any atom is -0.483 e. The van der Waals surface area contributed by atoms with Crippen LogP contribution in [0.5, 0.6) is 5.75 Å². The Morgan fingerprint density at radius 1 is 1.20 bits per heavy atom. The highest BCUT2D eigenvalue weighted by atomic mass is 79.9. The first-order chi connectivity index (χ1) is 9.47. The van der Waals surface area contributed by atoms with Gasteiger partial charge in [0.05, 0.1) is 5.02 Å². The predicted octanol–water partition coefficient (Wildman–Crippen LogP) is 4.71.